The third-order valence-electron chi connectivity index (χ3n) is 4.90. The molecule has 0 bridgehead atoms. The normalized spacial score (nSPS) is 24.4. The first-order valence-corrected chi connectivity index (χ1v) is 7.95. The van der Waals surface area contributed by atoms with Crippen LogP contribution in [0.3, 0.4) is 0 Å². The number of nitrogens with one attached hydrogen (secondary N) is 1. The minimum Gasteiger partial charge on any atom is -0.508 e. The van der Waals surface area contributed by atoms with Gasteiger partial charge in [0.2, 0.25) is 0 Å². The summed E-state index contributed by atoms with van der Waals surface area (Å²) in [4.78, 5) is 0. The fourth-order valence-corrected chi connectivity index (χ4v) is 3.86. The fraction of sp³-hybridized carbons (Fsp3) is 0.444. The number of hydrogen-bond acceptors (Lipinski definition) is 3. The maximum Gasteiger partial charge on any atom is 0.115 e. The van der Waals surface area contributed by atoms with E-state index in [1.54, 1.807) is 6.07 Å². The van der Waals surface area contributed by atoms with Gasteiger partial charge in [-0.05, 0) is 61.4 Å². The van der Waals surface area contributed by atoms with Crippen molar-refractivity contribution in [3.63, 3.8) is 0 Å². The first-order chi connectivity index (χ1) is 10.3. The highest BCUT2D eigenvalue weighted by Gasteiger charge is 2.27. The number of fused-ring (bicyclic) bond motifs is 2. The molecule has 1 heterocycles. The summed E-state index contributed by atoms with van der Waals surface area (Å²) in [5, 5.41) is 13.6. The third-order valence-corrected chi connectivity index (χ3v) is 4.90. The molecule has 0 saturated carbocycles. The van der Waals surface area contributed by atoms with Crippen molar-refractivity contribution < 1.29 is 9.52 Å². The summed E-state index contributed by atoms with van der Waals surface area (Å²) in [6, 6.07) is 8.64. The topological polar surface area (TPSA) is 45.4 Å². The molecule has 0 spiro atoms. The Morgan fingerprint density at radius 3 is 2.71 bits per heavy atom. The predicted molar refractivity (Wildman–Crippen MR) is 81.3 cm³/mol. The van der Waals surface area contributed by atoms with Crippen molar-refractivity contribution in [1.82, 2.24) is 5.32 Å². The zero-order chi connectivity index (χ0) is 14.2. The molecule has 0 aliphatic heterocycles. The second-order valence-corrected chi connectivity index (χ2v) is 6.24. The molecule has 1 aromatic carbocycles. The largest absolute Gasteiger partial charge is 0.508 e. The predicted octanol–water partition coefficient (Wildman–Crippen LogP) is 4.03. The van der Waals surface area contributed by atoms with Crippen molar-refractivity contribution in [1.29, 1.82) is 0 Å². The van der Waals surface area contributed by atoms with Crippen LogP contribution in [-0.2, 0) is 12.8 Å². The smallest absolute Gasteiger partial charge is 0.115 e. The number of hydrogen-bond donors (Lipinski definition) is 2. The lowest BCUT2D eigenvalue weighted by Gasteiger charge is -2.32. The molecule has 4 rings (SSSR count). The number of phenolic OH excluding ortho intramolecular Hbond substituents is 1. The van der Waals surface area contributed by atoms with E-state index in [1.807, 2.05) is 12.3 Å². The van der Waals surface area contributed by atoms with Gasteiger partial charge in [0.15, 0.2) is 0 Å². The van der Waals surface area contributed by atoms with E-state index in [-0.39, 0.29) is 0 Å². The van der Waals surface area contributed by atoms with Gasteiger partial charge in [0.1, 0.15) is 11.5 Å². The summed E-state index contributed by atoms with van der Waals surface area (Å²) in [7, 11) is 0. The zero-order valence-electron chi connectivity index (χ0n) is 12.1. The summed E-state index contributed by atoms with van der Waals surface area (Å²) >= 11 is 0. The van der Waals surface area contributed by atoms with Crippen molar-refractivity contribution in [3.05, 3.63) is 53.0 Å². The summed E-state index contributed by atoms with van der Waals surface area (Å²) in [5.74, 6) is 1.51. The molecule has 3 heteroatoms. The third kappa shape index (κ3) is 2.36. The summed E-state index contributed by atoms with van der Waals surface area (Å²) < 4.78 is 5.58. The van der Waals surface area contributed by atoms with Gasteiger partial charge < -0.3 is 14.8 Å². The summed E-state index contributed by atoms with van der Waals surface area (Å²) in [5.41, 5.74) is 3.98. The quantitative estimate of drug-likeness (QED) is 0.874. The van der Waals surface area contributed by atoms with E-state index in [9.17, 15) is 5.11 Å². The molecule has 0 radical (unpaired) electrons. The SMILES string of the molecule is Oc1ccc2c(c1)C(NC1CCCc3occc31)CCC2. The van der Waals surface area contributed by atoms with Crippen LogP contribution in [0.1, 0.15) is 60.2 Å². The van der Waals surface area contributed by atoms with E-state index < -0.39 is 0 Å². The highest BCUT2D eigenvalue weighted by atomic mass is 16.3. The molecule has 2 aliphatic rings. The van der Waals surface area contributed by atoms with E-state index in [2.05, 4.69) is 17.4 Å². The number of aryl methyl sites for hydroxylation is 2. The van der Waals surface area contributed by atoms with Crippen LogP contribution in [0.5, 0.6) is 5.75 Å². The van der Waals surface area contributed by atoms with Crippen LogP contribution >= 0.6 is 0 Å². The van der Waals surface area contributed by atoms with Gasteiger partial charge in [-0.1, -0.05) is 6.07 Å². The lowest BCUT2D eigenvalue weighted by Crippen LogP contribution is -2.30. The first kappa shape index (κ1) is 13.0. The van der Waals surface area contributed by atoms with Gasteiger partial charge in [-0.25, -0.2) is 0 Å². The number of furan rings is 1. The van der Waals surface area contributed by atoms with Crippen LogP contribution in [0.25, 0.3) is 0 Å². The molecule has 0 amide bonds. The van der Waals surface area contributed by atoms with E-state index in [1.165, 1.54) is 29.5 Å². The van der Waals surface area contributed by atoms with Crippen molar-refractivity contribution >= 4 is 0 Å². The van der Waals surface area contributed by atoms with Crippen molar-refractivity contribution in [2.45, 2.75) is 50.6 Å². The molecule has 2 aliphatic carbocycles. The van der Waals surface area contributed by atoms with E-state index in [0.29, 0.717) is 17.8 Å². The molecule has 3 nitrogen and oxygen atoms in total. The number of aromatic hydroxyl groups is 1. The molecule has 1 aromatic heterocycles. The monoisotopic (exact) mass is 283 g/mol. The number of rotatable bonds is 2. The lowest BCUT2D eigenvalue weighted by atomic mass is 9.85. The Kier molecular flexibility index (Phi) is 3.23. The highest BCUT2D eigenvalue weighted by Crippen LogP contribution is 2.37. The van der Waals surface area contributed by atoms with Crippen LogP contribution < -0.4 is 5.32 Å². The van der Waals surface area contributed by atoms with Crippen molar-refractivity contribution in [3.8, 4) is 5.75 Å². The average molecular weight is 283 g/mol. The molecule has 2 atom stereocenters. The van der Waals surface area contributed by atoms with Crippen LogP contribution in [0.4, 0.5) is 0 Å². The van der Waals surface area contributed by atoms with Gasteiger partial charge >= 0.3 is 0 Å². The molecular weight excluding hydrogens is 262 g/mol. The molecule has 110 valence electrons. The molecule has 2 unspecified atom stereocenters. The van der Waals surface area contributed by atoms with Crippen LogP contribution in [0, 0.1) is 0 Å². The Labute approximate surface area is 125 Å². The number of phenols is 1. The Morgan fingerprint density at radius 1 is 1.00 bits per heavy atom. The van der Waals surface area contributed by atoms with Gasteiger partial charge in [-0.15, -0.1) is 0 Å². The minimum absolute atomic E-state index is 0.340. The maximum atomic E-state index is 9.79. The van der Waals surface area contributed by atoms with Gasteiger partial charge in [-0.2, -0.15) is 0 Å². The lowest BCUT2D eigenvalue weighted by molar-refractivity contribution is 0.352. The second kappa shape index (κ2) is 5.23. The van der Waals surface area contributed by atoms with Crippen LogP contribution in [0.15, 0.2) is 34.9 Å². The summed E-state index contributed by atoms with van der Waals surface area (Å²) in [6.07, 6.45) is 8.68. The minimum atomic E-state index is 0.340. The highest BCUT2D eigenvalue weighted by molar-refractivity contribution is 5.39. The van der Waals surface area contributed by atoms with Crippen LogP contribution in [-0.4, -0.2) is 5.11 Å². The standard InChI is InChI=1S/C18H21NO2/c20-13-8-7-12-3-1-4-17(15(12)11-13)19-16-5-2-6-18-14(16)9-10-21-18/h7-11,16-17,19-20H,1-6H2. The molecule has 2 N–H and O–H groups in total. The van der Waals surface area contributed by atoms with Gasteiger partial charge in [0.25, 0.3) is 0 Å². The molecule has 2 aromatic rings. The van der Waals surface area contributed by atoms with Gasteiger partial charge in [-0.3, -0.25) is 0 Å². The maximum absolute atomic E-state index is 9.79. The zero-order valence-corrected chi connectivity index (χ0v) is 12.1. The van der Waals surface area contributed by atoms with E-state index in [0.717, 1.165) is 31.4 Å². The van der Waals surface area contributed by atoms with E-state index >= 15 is 0 Å². The van der Waals surface area contributed by atoms with Gasteiger partial charge in [0.05, 0.1) is 6.26 Å². The van der Waals surface area contributed by atoms with Crippen molar-refractivity contribution in [2.75, 3.05) is 0 Å². The fourth-order valence-electron chi connectivity index (χ4n) is 3.86. The Morgan fingerprint density at radius 2 is 1.81 bits per heavy atom. The average Bonchev–Trinajstić information content (AvgIpc) is 2.97. The second-order valence-electron chi connectivity index (χ2n) is 6.24. The molecule has 0 saturated heterocycles. The summed E-state index contributed by atoms with van der Waals surface area (Å²) in [6.45, 7) is 0. The Hall–Kier alpha value is -1.74. The van der Waals surface area contributed by atoms with Crippen LogP contribution in [0.2, 0.25) is 0 Å². The molecule has 21 heavy (non-hydrogen) atoms. The Balaban J connectivity index is 1.61. The number of benzene rings is 1. The van der Waals surface area contributed by atoms with Crippen molar-refractivity contribution in [2.24, 2.45) is 0 Å². The molecule has 0 fully saturated rings. The first-order valence-electron chi connectivity index (χ1n) is 7.95. The molecular formula is C18H21NO2. The Bertz CT molecular complexity index is 646. The van der Waals surface area contributed by atoms with E-state index in [4.69, 9.17) is 4.42 Å². The van der Waals surface area contributed by atoms with Gasteiger partial charge in [0, 0.05) is 24.1 Å².